The van der Waals surface area contributed by atoms with Gasteiger partial charge >= 0.3 is 6.18 Å². The molecule has 0 unspecified atom stereocenters. The number of nitrogens with zero attached hydrogens (tertiary/aromatic N) is 2. The molecule has 0 spiro atoms. The molecule has 1 aromatic heterocycles. The first-order valence-electron chi connectivity index (χ1n) is 7.55. The summed E-state index contributed by atoms with van der Waals surface area (Å²) in [7, 11) is 1.58. The van der Waals surface area contributed by atoms with E-state index in [0.29, 0.717) is 19.6 Å². The molecule has 0 atom stereocenters. The van der Waals surface area contributed by atoms with Gasteiger partial charge < -0.3 is 15.4 Å². The van der Waals surface area contributed by atoms with Crippen LogP contribution in [0.25, 0.3) is 0 Å². The van der Waals surface area contributed by atoms with Gasteiger partial charge in [0.05, 0.1) is 11.3 Å². The average Bonchev–Trinajstić information content (AvgIpc) is 2.59. The fourth-order valence-corrected chi connectivity index (χ4v) is 2.21. The molecule has 2 rings (SSSR count). The maximum absolute atomic E-state index is 13.1. The Bertz CT molecular complexity index is 771. The lowest BCUT2D eigenvalue weighted by Gasteiger charge is -2.14. The number of nitrogens with one attached hydrogen (secondary N) is 2. The minimum atomic E-state index is -4.66. The lowest BCUT2D eigenvalue weighted by atomic mass is 10.1. The summed E-state index contributed by atoms with van der Waals surface area (Å²) in [5.41, 5.74) is -1.51. The highest BCUT2D eigenvalue weighted by molar-refractivity contribution is 6.30. The molecule has 2 N–H and O–H groups in total. The van der Waals surface area contributed by atoms with Crippen molar-refractivity contribution in [3.05, 3.63) is 46.7 Å². The van der Waals surface area contributed by atoms with Crippen LogP contribution in [0.1, 0.15) is 22.5 Å². The molecule has 1 amide bonds. The van der Waals surface area contributed by atoms with Crippen molar-refractivity contribution in [2.24, 2.45) is 0 Å². The average molecular weight is 389 g/mol. The second-order valence-electron chi connectivity index (χ2n) is 5.18. The molecule has 0 saturated carbocycles. The predicted octanol–water partition coefficient (Wildman–Crippen LogP) is 3.85. The Kier molecular flexibility index (Phi) is 6.76. The topological polar surface area (TPSA) is 76.1 Å². The number of carbonyl (C=O) groups is 1. The van der Waals surface area contributed by atoms with E-state index in [-0.39, 0.29) is 16.7 Å². The lowest BCUT2D eigenvalue weighted by molar-refractivity contribution is -0.136. The summed E-state index contributed by atoms with van der Waals surface area (Å²) in [5, 5.41) is 5.03. The van der Waals surface area contributed by atoms with E-state index in [0.717, 1.165) is 12.1 Å². The number of benzene rings is 1. The molecular weight excluding hydrogens is 373 g/mol. The van der Waals surface area contributed by atoms with E-state index in [1.165, 1.54) is 18.3 Å². The highest BCUT2D eigenvalue weighted by atomic mass is 35.5. The number of methoxy groups -OCH3 is 1. The number of halogens is 4. The van der Waals surface area contributed by atoms with Gasteiger partial charge in [0.25, 0.3) is 5.91 Å². The summed E-state index contributed by atoms with van der Waals surface area (Å²) >= 11 is 5.62. The van der Waals surface area contributed by atoms with Crippen LogP contribution in [-0.2, 0) is 10.9 Å². The molecule has 0 bridgehead atoms. The zero-order valence-corrected chi connectivity index (χ0v) is 14.5. The van der Waals surface area contributed by atoms with Crippen LogP contribution in [0.4, 0.5) is 24.8 Å². The monoisotopic (exact) mass is 388 g/mol. The Morgan fingerprint density at radius 1 is 1.31 bits per heavy atom. The van der Waals surface area contributed by atoms with Crippen molar-refractivity contribution in [2.75, 3.05) is 30.9 Å². The van der Waals surface area contributed by atoms with Crippen molar-refractivity contribution < 1.29 is 22.7 Å². The minimum Gasteiger partial charge on any atom is -0.385 e. The molecule has 2 aromatic rings. The SMILES string of the molecule is COCCCNc1nccc(C(=O)Nc2ccc(Cl)cc2C(F)(F)F)n1. The summed E-state index contributed by atoms with van der Waals surface area (Å²) in [4.78, 5) is 20.2. The third-order valence-electron chi connectivity index (χ3n) is 3.23. The first-order valence-corrected chi connectivity index (χ1v) is 7.93. The quantitative estimate of drug-likeness (QED) is 0.704. The smallest absolute Gasteiger partial charge is 0.385 e. The van der Waals surface area contributed by atoms with Crippen molar-refractivity contribution >= 4 is 29.1 Å². The van der Waals surface area contributed by atoms with E-state index in [1.807, 2.05) is 0 Å². The fraction of sp³-hybridized carbons (Fsp3) is 0.312. The van der Waals surface area contributed by atoms with E-state index in [1.54, 1.807) is 7.11 Å². The number of alkyl halides is 3. The number of hydrogen-bond acceptors (Lipinski definition) is 5. The predicted molar refractivity (Wildman–Crippen MR) is 91.4 cm³/mol. The maximum atomic E-state index is 13.1. The van der Waals surface area contributed by atoms with Crippen LogP contribution in [0, 0.1) is 0 Å². The summed E-state index contributed by atoms with van der Waals surface area (Å²) in [6.45, 7) is 1.07. The second-order valence-corrected chi connectivity index (χ2v) is 5.62. The van der Waals surface area contributed by atoms with Crippen molar-refractivity contribution in [1.29, 1.82) is 0 Å². The lowest BCUT2D eigenvalue weighted by Crippen LogP contribution is -2.18. The largest absolute Gasteiger partial charge is 0.418 e. The summed E-state index contributed by atoms with van der Waals surface area (Å²) in [6, 6.07) is 4.40. The molecular formula is C16H16ClF3N4O2. The van der Waals surface area contributed by atoms with E-state index in [4.69, 9.17) is 16.3 Å². The van der Waals surface area contributed by atoms with Gasteiger partial charge in [0.1, 0.15) is 5.69 Å². The molecule has 26 heavy (non-hydrogen) atoms. The number of aromatic nitrogens is 2. The van der Waals surface area contributed by atoms with E-state index in [9.17, 15) is 18.0 Å². The van der Waals surface area contributed by atoms with Gasteiger partial charge in [0, 0.05) is 31.5 Å². The van der Waals surface area contributed by atoms with Crippen LogP contribution in [0.15, 0.2) is 30.5 Å². The zero-order valence-electron chi connectivity index (χ0n) is 13.7. The van der Waals surface area contributed by atoms with Gasteiger partial charge in [0.2, 0.25) is 5.95 Å². The fourth-order valence-electron chi connectivity index (χ4n) is 2.03. The standard InChI is InChI=1S/C16H16ClF3N4O2/c1-26-8-2-6-21-15-22-7-5-13(24-15)14(25)23-12-4-3-10(17)9-11(12)16(18,19)20/h3-5,7,9H,2,6,8H2,1H3,(H,23,25)(H,21,22,24). The second kappa shape index (κ2) is 8.81. The van der Waals surface area contributed by atoms with Crippen LogP contribution < -0.4 is 10.6 Å². The summed E-state index contributed by atoms with van der Waals surface area (Å²) < 4.78 is 44.2. The van der Waals surface area contributed by atoms with Crippen LogP contribution in [0.3, 0.4) is 0 Å². The van der Waals surface area contributed by atoms with E-state index in [2.05, 4.69) is 20.6 Å². The van der Waals surface area contributed by atoms with Crippen molar-refractivity contribution in [1.82, 2.24) is 9.97 Å². The highest BCUT2D eigenvalue weighted by Gasteiger charge is 2.34. The normalized spacial score (nSPS) is 11.3. The van der Waals surface area contributed by atoms with E-state index < -0.39 is 23.3 Å². The number of hydrogen-bond donors (Lipinski definition) is 2. The number of ether oxygens (including phenoxy) is 1. The third-order valence-corrected chi connectivity index (χ3v) is 3.47. The van der Waals surface area contributed by atoms with Gasteiger partial charge in [-0.15, -0.1) is 0 Å². The molecule has 0 aliphatic carbocycles. The van der Waals surface area contributed by atoms with Gasteiger partial charge in [-0.2, -0.15) is 13.2 Å². The van der Waals surface area contributed by atoms with E-state index >= 15 is 0 Å². The Balaban J connectivity index is 2.13. The van der Waals surface area contributed by atoms with Gasteiger partial charge in [-0.1, -0.05) is 11.6 Å². The summed E-state index contributed by atoms with van der Waals surface area (Å²) in [6.07, 6.45) is -2.61. The van der Waals surface area contributed by atoms with Crippen LogP contribution in [-0.4, -0.2) is 36.1 Å². The molecule has 0 aliphatic heterocycles. The van der Waals surface area contributed by atoms with Crippen molar-refractivity contribution in [2.45, 2.75) is 12.6 Å². The molecule has 140 valence electrons. The Morgan fingerprint density at radius 3 is 2.77 bits per heavy atom. The molecule has 0 radical (unpaired) electrons. The molecule has 1 heterocycles. The summed E-state index contributed by atoms with van der Waals surface area (Å²) in [5.74, 6) is -0.596. The number of carbonyl (C=O) groups excluding carboxylic acids is 1. The molecule has 0 aliphatic rings. The third kappa shape index (κ3) is 5.57. The first kappa shape index (κ1) is 19.9. The molecule has 0 fully saturated rings. The molecule has 10 heteroatoms. The molecule has 6 nitrogen and oxygen atoms in total. The number of rotatable bonds is 7. The number of amides is 1. The van der Waals surface area contributed by atoms with Gasteiger partial charge in [0.15, 0.2) is 0 Å². The zero-order chi connectivity index (χ0) is 19.2. The first-order chi connectivity index (χ1) is 12.3. The van der Waals surface area contributed by atoms with Crippen LogP contribution >= 0.6 is 11.6 Å². The Morgan fingerprint density at radius 2 is 2.08 bits per heavy atom. The molecule has 1 aromatic carbocycles. The van der Waals surface area contributed by atoms with Crippen LogP contribution in [0.5, 0.6) is 0 Å². The minimum absolute atomic E-state index is 0.0719. The Labute approximate surface area is 152 Å². The van der Waals surface area contributed by atoms with Gasteiger partial charge in [-0.3, -0.25) is 4.79 Å². The highest BCUT2D eigenvalue weighted by Crippen LogP contribution is 2.36. The number of anilines is 2. The van der Waals surface area contributed by atoms with Crippen molar-refractivity contribution in [3.63, 3.8) is 0 Å². The van der Waals surface area contributed by atoms with Crippen molar-refractivity contribution in [3.8, 4) is 0 Å². The van der Waals surface area contributed by atoms with Gasteiger partial charge in [-0.05, 0) is 30.7 Å². The van der Waals surface area contributed by atoms with Gasteiger partial charge in [-0.25, -0.2) is 9.97 Å². The van der Waals surface area contributed by atoms with Crippen LogP contribution in [0.2, 0.25) is 5.02 Å². The Hall–Kier alpha value is -2.39. The molecule has 0 saturated heterocycles. The maximum Gasteiger partial charge on any atom is 0.418 e.